The average molecular weight is 390 g/mol. The molecular weight excluding hydrogens is 369 g/mol. The normalized spacial score (nSPS) is 12.2. The van der Waals surface area contributed by atoms with Gasteiger partial charge in [-0.2, -0.15) is 0 Å². The Balaban J connectivity index is 2.45. The molecule has 0 aliphatic rings. The third-order valence-electron chi connectivity index (χ3n) is 3.79. The molecule has 5 nitrogen and oxygen atoms in total. The topological polar surface area (TPSA) is 76.9 Å². The molecule has 0 saturated heterocycles. The fourth-order valence-electron chi connectivity index (χ4n) is 2.42. The maximum Gasteiger partial charge on any atom is 0.573 e. The van der Waals surface area contributed by atoms with E-state index in [2.05, 4.69) is 16.3 Å². The molecular formula is C20H21F3N4O. The van der Waals surface area contributed by atoms with Crippen LogP contribution in [0.15, 0.2) is 72.4 Å². The number of anilines is 1. The molecule has 0 aromatic heterocycles. The predicted molar refractivity (Wildman–Crippen MR) is 104 cm³/mol. The molecule has 148 valence electrons. The van der Waals surface area contributed by atoms with Gasteiger partial charge in [0.2, 0.25) is 0 Å². The SMILES string of the molecule is C=C/C=C/N(N)C(=NCc1ccccc1OC(F)(F)F)c1cccc(C)c1N. The summed E-state index contributed by atoms with van der Waals surface area (Å²) in [6.45, 7) is 5.32. The largest absolute Gasteiger partial charge is 0.573 e. The third kappa shape index (κ3) is 5.62. The Morgan fingerprint density at radius 2 is 1.93 bits per heavy atom. The summed E-state index contributed by atoms with van der Waals surface area (Å²) in [6.07, 6.45) is -0.145. The second kappa shape index (κ2) is 9.09. The Morgan fingerprint density at radius 3 is 2.61 bits per heavy atom. The molecule has 2 rings (SSSR count). The first-order chi connectivity index (χ1) is 13.2. The van der Waals surface area contributed by atoms with Gasteiger partial charge in [0, 0.05) is 23.0 Å². The van der Waals surface area contributed by atoms with Gasteiger partial charge in [-0.15, -0.1) is 13.2 Å². The standard InChI is InChI=1S/C20H21F3N4O/c1-3-4-12-27(25)19(16-10-7-8-14(2)18(16)24)26-13-15-9-5-6-11-17(15)28-20(21,22)23/h3-12H,1,13,24-25H2,2H3/b12-4+,26-19?. The van der Waals surface area contributed by atoms with Gasteiger partial charge in [0.25, 0.3) is 0 Å². The minimum atomic E-state index is -4.80. The van der Waals surface area contributed by atoms with Crippen molar-refractivity contribution in [2.24, 2.45) is 10.8 Å². The van der Waals surface area contributed by atoms with Gasteiger partial charge >= 0.3 is 6.36 Å². The van der Waals surface area contributed by atoms with E-state index >= 15 is 0 Å². The number of hydrazine groups is 1. The molecule has 0 aliphatic carbocycles. The average Bonchev–Trinajstić information content (AvgIpc) is 2.63. The van der Waals surface area contributed by atoms with E-state index in [0.717, 1.165) is 5.56 Å². The molecule has 8 heteroatoms. The Hall–Kier alpha value is -3.26. The van der Waals surface area contributed by atoms with Crippen molar-refractivity contribution in [2.75, 3.05) is 5.73 Å². The van der Waals surface area contributed by atoms with Crippen LogP contribution in [0.1, 0.15) is 16.7 Å². The van der Waals surface area contributed by atoms with E-state index in [-0.39, 0.29) is 17.9 Å². The fraction of sp³-hybridized carbons (Fsp3) is 0.150. The number of benzene rings is 2. The first-order valence-electron chi connectivity index (χ1n) is 8.29. The number of para-hydroxylation sites is 2. The number of nitrogens with two attached hydrogens (primary N) is 2. The van der Waals surface area contributed by atoms with Crippen LogP contribution in [0.2, 0.25) is 0 Å². The van der Waals surface area contributed by atoms with Gasteiger partial charge in [0.05, 0.1) is 6.54 Å². The lowest BCUT2D eigenvalue weighted by molar-refractivity contribution is -0.274. The van der Waals surface area contributed by atoms with Crippen LogP contribution in [0.25, 0.3) is 0 Å². The highest BCUT2D eigenvalue weighted by molar-refractivity contribution is 6.03. The molecule has 0 saturated carbocycles. The van der Waals surface area contributed by atoms with Gasteiger partial charge in [-0.3, -0.25) is 10.0 Å². The number of aliphatic imine (C=N–C) groups is 1. The van der Waals surface area contributed by atoms with E-state index in [9.17, 15) is 13.2 Å². The smallest absolute Gasteiger partial charge is 0.405 e. The third-order valence-corrected chi connectivity index (χ3v) is 3.79. The second-order valence-electron chi connectivity index (χ2n) is 5.82. The Bertz CT molecular complexity index is 891. The zero-order chi connectivity index (χ0) is 20.7. The molecule has 28 heavy (non-hydrogen) atoms. The summed E-state index contributed by atoms with van der Waals surface area (Å²) in [6, 6.07) is 11.2. The monoisotopic (exact) mass is 390 g/mol. The van der Waals surface area contributed by atoms with Gasteiger partial charge < -0.3 is 10.5 Å². The summed E-state index contributed by atoms with van der Waals surface area (Å²) in [5.41, 5.74) is 8.27. The lowest BCUT2D eigenvalue weighted by Crippen LogP contribution is -2.34. The summed E-state index contributed by atoms with van der Waals surface area (Å²) in [5, 5.41) is 1.24. The van der Waals surface area contributed by atoms with E-state index in [4.69, 9.17) is 11.6 Å². The highest BCUT2D eigenvalue weighted by Crippen LogP contribution is 2.27. The van der Waals surface area contributed by atoms with Crippen LogP contribution < -0.4 is 16.3 Å². The minimum absolute atomic E-state index is 0.0927. The van der Waals surface area contributed by atoms with Gasteiger partial charge in [0.1, 0.15) is 5.75 Å². The zero-order valence-electron chi connectivity index (χ0n) is 15.3. The Kier molecular flexibility index (Phi) is 6.84. The number of hydrogen-bond acceptors (Lipinski definition) is 4. The molecule has 0 aliphatic heterocycles. The van der Waals surface area contributed by atoms with Crippen molar-refractivity contribution in [1.82, 2.24) is 5.01 Å². The summed E-state index contributed by atoms with van der Waals surface area (Å²) >= 11 is 0. The van der Waals surface area contributed by atoms with Crippen LogP contribution in [0.3, 0.4) is 0 Å². The number of aryl methyl sites for hydroxylation is 1. The molecule has 0 amide bonds. The van der Waals surface area contributed by atoms with Crippen molar-refractivity contribution in [1.29, 1.82) is 0 Å². The predicted octanol–water partition coefficient (Wildman–Crippen LogP) is 4.30. The number of halogens is 3. The Labute approximate surface area is 161 Å². The van der Waals surface area contributed by atoms with Crippen molar-refractivity contribution < 1.29 is 17.9 Å². The molecule has 2 aromatic rings. The van der Waals surface area contributed by atoms with Gasteiger partial charge in [-0.05, 0) is 30.7 Å². The van der Waals surface area contributed by atoms with Gasteiger partial charge in [-0.25, -0.2) is 5.84 Å². The number of amidine groups is 1. The van der Waals surface area contributed by atoms with E-state index in [1.165, 1.54) is 35.5 Å². The highest BCUT2D eigenvalue weighted by atomic mass is 19.4. The van der Waals surface area contributed by atoms with Crippen LogP contribution in [0.4, 0.5) is 18.9 Å². The quantitative estimate of drug-likeness (QED) is 0.193. The second-order valence-corrected chi connectivity index (χ2v) is 5.82. The van der Waals surface area contributed by atoms with Gasteiger partial charge in [0.15, 0.2) is 5.84 Å². The number of allylic oxidation sites excluding steroid dienone is 2. The first kappa shape index (κ1) is 21.0. The number of ether oxygens (including phenoxy) is 1. The van der Waals surface area contributed by atoms with Crippen LogP contribution in [0, 0.1) is 6.92 Å². The van der Waals surface area contributed by atoms with E-state index in [1.807, 2.05) is 13.0 Å². The Morgan fingerprint density at radius 1 is 1.21 bits per heavy atom. The molecule has 4 N–H and O–H groups in total. The summed E-state index contributed by atoms with van der Waals surface area (Å²) in [5.74, 6) is 6.03. The van der Waals surface area contributed by atoms with Crippen LogP contribution in [0.5, 0.6) is 5.75 Å². The molecule has 0 spiro atoms. The molecule has 2 aromatic carbocycles. The first-order valence-corrected chi connectivity index (χ1v) is 8.29. The van der Waals surface area contributed by atoms with E-state index in [0.29, 0.717) is 17.1 Å². The maximum atomic E-state index is 12.6. The van der Waals surface area contributed by atoms with Gasteiger partial charge in [-0.1, -0.05) is 43.0 Å². The number of hydrogen-bond donors (Lipinski definition) is 2. The number of rotatable bonds is 6. The van der Waals surface area contributed by atoms with Crippen molar-refractivity contribution in [3.63, 3.8) is 0 Å². The summed E-state index contributed by atoms with van der Waals surface area (Å²) in [4.78, 5) is 4.41. The number of alkyl halides is 3. The molecule has 0 bridgehead atoms. The lowest BCUT2D eigenvalue weighted by Gasteiger charge is -2.19. The number of nitrogen functional groups attached to an aromatic ring is 1. The van der Waals surface area contributed by atoms with Crippen molar-refractivity contribution in [3.8, 4) is 5.75 Å². The fourth-order valence-corrected chi connectivity index (χ4v) is 2.42. The van der Waals surface area contributed by atoms with Crippen molar-refractivity contribution >= 4 is 11.5 Å². The maximum absolute atomic E-state index is 12.6. The number of nitrogens with zero attached hydrogens (tertiary/aromatic N) is 2. The molecule has 0 unspecified atom stereocenters. The van der Waals surface area contributed by atoms with Crippen molar-refractivity contribution in [2.45, 2.75) is 19.8 Å². The van der Waals surface area contributed by atoms with Crippen LogP contribution >= 0.6 is 0 Å². The van der Waals surface area contributed by atoms with Crippen molar-refractivity contribution in [3.05, 3.63) is 84.1 Å². The van der Waals surface area contributed by atoms with E-state index in [1.54, 1.807) is 24.3 Å². The van der Waals surface area contributed by atoms with E-state index < -0.39 is 6.36 Å². The minimum Gasteiger partial charge on any atom is -0.405 e. The zero-order valence-corrected chi connectivity index (χ0v) is 15.3. The molecule has 0 radical (unpaired) electrons. The molecule has 0 heterocycles. The summed E-state index contributed by atoms with van der Waals surface area (Å²) < 4.78 is 42.0. The van der Waals surface area contributed by atoms with Crippen LogP contribution in [-0.2, 0) is 6.54 Å². The lowest BCUT2D eigenvalue weighted by atomic mass is 10.1. The van der Waals surface area contributed by atoms with Crippen LogP contribution in [-0.4, -0.2) is 17.2 Å². The summed E-state index contributed by atoms with van der Waals surface area (Å²) in [7, 11) is 0. The molecule has 0 fully saturated rings. The highest BCUT2D eigenvalue weighted by Gasteiger charge is 2.32. The molecule has 0 atom stereocenters.